The third kappa shape index (κ3) is 3.62. The van der Waals surface area contributed by atoms with Crippen molar-refractivity contribution in [3.8, 4) is 5.69 Å². The van der Waals surface area contributed by atoms with Gasteiger partial charge in [-0.3, -0.25) is 4.79 Å². The number of hydrogen-bond acceptors (Lipinski definition) is 2. The molecule has 1 aromatic heterocycles. The van der Waals surface area contributed by atoms with Crippen LogP contribution in [0.5, 0.6) is 0 Å². The zero-order chi connectivity index (χ0) is 18.8. The average Bonchev–Trinajstić information content (AvgIpc) is 3.09. The van der Waals surface area contributed by atoms with E-state index in [9.17, 15) is 4.79 Å². The van der Waals surface area contributed by atoms with Crippen LogP contribution in [-0.4, -0.2) is 33.7 Å². The van der Waals surface area contributed by atoms with Crippen LogP contribution in [-0.2, 0) is 0 Å². The third-order valence-corrected chi connectivity index (χ3v) is 5.58. The Morgan fingerprint density at radius 1 is 1.07 bits per heavy atom. The Hall–Kier alpha value is -2.59. The van der Waals surface area contributed by atoms with Gasteiger partial charge in [-0.15, -0.1) is 0 Å². The maximum absolute atomic E-state index is 13.0. The number of carbonyl (C=O) groups excluding carboxylic acids is 1. The van der Waals surface area contributed by atoms with Gasteiger partial charge in [-0.1, -0.05) is 48.0 Å². The molecule has 0 N–H and O–H groups in total. The Morgan fingerprint density at radius 3 is 2.52 bits per heavy atom. The highest BCUT2D eigenvalue weighted by atomic mass is 35.5. The summed E-state index contributed by atoms with van der Waals surface area (Å²) in [6, 6.07) is 18.1. The van der Waals surface area contributed by atoms with Crippen LogP contribution in [0, 0.1) is 6.92 Å². The van der Waals surface area contributed by atoms with Gasteiger partial charge in [0.05, 0.1) is 23.1 Å². The molecular weight excluding hydrogens is 358 g/mol. The Morgan fingerprint density at radius 2 is 1.81 bits per heavy atom. The number of benzene rings is 2. The van der Waals surface area contributed by atoms with Gasteiger partial charge in [0.1, 0.15) is 0 Å². The summed E-state index contributed by atoms with van der Waals surface area (Å²) in [5.74, 6) is 0.595. The lowest BCUT2D eigenvalue weighted by molar-refractivity contribution is 0.0712. The molecule has 138 valence electrons. The van der Waals surface area contributed by atoms with Gasteiger partial charge in [-0.05, 0) is 49.4 Å². The van der Waals surface area contributed by atoms with Gasteiger partial charge in [0.2, 0.25) is 0 Å². The van der Waals surface area contributed by atoms with Crippen LogP contribution in [0.3, 0.4) is 0 Å². The van der Waals surface area contributed by atoms with E-state index in [0.29, 0.717) is 16.5 Å². The first-order valence-electron chi connectivity index (χ1n) is 9.28. The van der Waals surface area contributed by atoms with Gasteiger partial charge in [0.15, 0.2) is 0 Å². The molecule has 0 spiro atoms. The van der Waals surface area contributed by atoms with Crippen LogP contribution in [0.1, 0.15) is 40.4 Å². The molecule has 0 radical (unpaired) electrons. The van der Waals surface area contributed by atoms with E-state index in [-0.39, 0.29) is 5.91 Å². The summed E-state index contributed by atoms with van der Waals surface area (Å²) in [6.45, 7) is 3.48. The maximum atomic E-state index is 13.0. The first kappa shape index (κ1) is 17.8. The van der Waals surface area contributed by atoms with E-state index in [1.807, 2.05) is 42.2 Å². The van der Waals surface area contributed by atoms with E-state index in [4.69, 9.17) is 11.6 Å². The average molecular weight is 380 g/mol. The molecule has 0 saturated carbocycles. The van der Waals surface area contributed by atoms with E-state index in [2.05, 4.69) is 29.4 Å². The smallest absolute Gasteiger partial charge is 0.257 e. The van der Waals surface area contributed by atoms with Crippen molar-refractivity contribution in [2.45, 2.75) is 25.7 Å². The second kappa shape index (κ2) is 7.57. The summed E-state index contributed by atoms with van der Waals surface area (Å²) in [4.78, 5) is 15.0. The lowest BCUT2D eigenvalue weighted by Gasteiger charge is -2.32. The molecule has 1 aliphatic rings. The number of aromatic nitrogens is 2. The molecule has 2 heterocycles. The van der Waals surface area contributed by atoms with Crippen LogP contribution in [0.15, 0.2) is 60.8 Å². The van der Waals surface area contributed by atoms with Gasteiger partial charge in [-0.25, -0.2) is 4.68 Å². The van der Waals surface area contributed by atoms with Gasteiger partial charge >= 0.3 is 0 Å². The van der Waals surface area contributed by atoms with E-state index in [1.165, 1.54) is 5.56 Å². The van der Waals surface area contributed by atoms with Crippen molar-refractivity contribution < 1.29 is 4.79 Å². The minimum Gasteiger partial charge on any atom is -0.338 e. The SMILES string of the molecule is Cc1c(C(=O)N2CCC(c3ccccc3)CC2)cnn1-c1cccc(Cl)c1. The zero-order valence-corrected chi connectivity index (χ0v) is 16.1. The van der Waals surface area contributed by atoms with Crippen LogP contribution in [0.2, 0.25) is 5.02 Å². The topological polar surface area (TPSA) is 38.1 Å². The zero-order valence-electron chi connectivity index (χ0n) is 15.3. The minimum atomic E-state index is 0.0623. The van der Waals surface area contributed by atoms with Crippen LogP contribution < -0.4 is 0 Å². The molecule has 3 aromatic rings. The van der Waals surface area contributed by atoms with E-state index < -0.39 is 0 Å². The summed E-state index contributed by atoms with van der Waals surface area (Å²) < 4.78 is 1.77. The number of nitrogens with zero attached hydrogens (tertiary/aromatic N) is 3. The highest BCUT2D eigenvalue weighted by Gasteiger charge is 2.26. The molecule has 0 aliphatic carbocycles. The number of likely N-dealkylation sites (tertiary alicyclic amines) is 1. The number of carbonyl (C=O) groups is 1. The van der Waals surface area contributed by atoms with Crippen molar-refractivity contribution in [2.24, 2.45) is 0 Å². The Bertz CT molecular complexity index is 943. The molecule has 1 amide bonds. The first-order valence-corrected chi connectivity index (χ1v) is 9.66. The van der Waals surface area contributed by atoms with E-state index in [1.54, 1.807) is 10.9 Å². The highest BCUT2D eigenvalue weighted by molar-refractivity contribution is 6.30. The van der Waals surface area contributed by atoms with E-state index in [0.717, 1.165) is 37.3 Å². The molecule has 27 heavy (non-hydrogen) atoms. The number of halogens is 1. The molecule has 5 heteroatoms. The molecule has 0 unspecified atom stereocenters. The molecule has 1 fully saturated rings. The number of amides is 1. The normalized spacial score (nSPS) is 15.1. The Kier molecular flexibility index (Phi) is 4.99. The second-order valence-electron chi connectivity index (χ2n) is 7.01. The van der Waals surface area contributed by atoms with Crippen LogP contribution in [0.25, 0.3) is 5.69 Å². The summed E-state index contributed by atoms with van der Waals surface area (Å²) in [7, 11) is 0. The van der Waals surface area contributed by atoms with Crippen molar-refractivity contribution in [3.63, 3.8) is 0 Å². The summed E-state index contributed by atoms with van der Waals surface area (Å²) in [6.07, 6.45) is 3.66. The van der Waals surface area contributed by atoms with Crippen LogP contribution in [0.4, 0.5) is 0 Å². The van der Waals surface area contributed by atoms with Crippen molar-refractivity contribution in [1.82, 2.24) is 14.7 Å². The molecule has 0 bridgehead atoms. The van der Waals surface area contributed by atoms with Crippen molar-refractivity contribution in [1.29, 1.82) is 0 Å². The van der Waals surface area contributed by atoms with Crippen LogP contribution >= 0.6 is 11.6 Å². The molecular formula is C22H22ClN3O. The van der Waals surface area contributed by atoms with Gasteiger partial charge < -0.3 is 4.90 Å². The molecule has 0 atom stereocenters. The van der Waals surface area contributed by atoms with Gasteiger partial charge in [-0.2, -0.15) is 5.10 Å². The third-order valence-electron chi connectivity index (χ3n) is 5.35. The van der Waals surface area contributed by atoms with E-state index >= 15 is 0 Å². The van der Waals surface area contributed by atoms with Gasteiger partial charge in [0.25, 0.3) is 5.91 Å². The maximum Gasteiger partial charge on any atom is 0.257 e. The first-order chi connectivity index (χ1) is 13.1. The summed E-state index contributed by atoms with van der Waals surface area (Å²) in [5, 5.41) is 5.07. The van der Waals surface area contributed by atoms with Gasteiger partial charge in [0, 0.05) is 18.1 Å². The fourth-order valence-electron chi connectivity index (χ4n) is 3.80. The quantitative estimate of drug-likeness (QED) is 0.652. The molecule has 2 aromatic carbocycles. The lowest BCUT2D eigenvalue weighted by Crippen LogP contribution is -2.38. The predicted octanol–water partition coefficient (Wildman–Crippen LogP) is 4.85. The summed E-state index contributed by atoms with van der Waals surface area (Å²) in [5.41, 5.74) is 3.73. The number of hydrogen-bond donors (Lipinski definition) is 0. The largest absolute Gasteiger partial charge is 0.338 e. The van der Waals surface area contributed by atoms with Crippen molar-refractivity contribution in [3.05, 3.63) is 82.6 Å². The monoisotopic (exact) mass is 379 g/mol. The summed E-state index contributed by atoms with van der Waals surface area (Å²) >= 11 is 6.09. The Labute approximate surface area is 164 Å². The van der Waals surface area contributed by atoms with Crippen molar-refractivity contribution >= 4 is 17.5 Å². The fraction of sp³-hybridized carbons (Fsp3) is 0.273. The fourth-order valence-corrected chi connectivity index (χ4v) is 3.98. The Balaban J connectivity index is 1.48. The number of piperidine rings is 1. The molecule has 4 rings (SSSR count). The number of rotatable bonds is 3. The molecule has 1 aliphatic heterocycles. The molecule has 1 saturated heterocycles. The predicted molar refractivity (Wildman–Crippen MR) is 108 cm³/mol. The minimum absolute atomic E-state index is 0.0623. The standard InChI is InChI=1S/C22H22ClN3O/c1-16-21(15-24-26(16)20-9-5-8-19(23)14-20)22(27)25-12-10-18(11-13-25)17-6-3-2-4-7-17/h2-9,14-15,18H,10-13H2,1H3. The van der Waals surface area contributed by atoms with Crippen molar-refractivity contribution in [2.75, 3.05) is 13.1 Å². The highest BCUT2D eigenvalue weighted by Crippen LogP contribution is 2.29. The second-order valence-corrected chi connectivity index (χ2v) is 7.45. The molecule has 4 nitrogen and oxygen atoms in total. The lowest BCUT2D eigenvalue weighted by atomic mass is 9.89.